The van der Waals surface area contributed by atoms with E-state index in [0.29, 0.717) is 43.1 Å². The van der Waals surface area contributed by atoms with Crippen LogP contribution in [0.25, 0.3) is 11.0 Å². The summed E-state index contributed by atoms with van der Waals surface area (Å²) in [6.07, 6.45) is 1.25. The van der Waals surface area contributed by atoms with Gasteiger partial charge in [-0.3, -0.25) is 0 Å². The van der Waals surface area contributed by atoms with E-state index in [1.807, 2.05) is 57.2 Å². The van der Waals surface area contributed by atoms with Crippen molar-refractivity contribution in [2.45, 2.75) is 26.4 Å². The quantitative estimate of drug-likeness (QED) is 0.468. The topological polar surface area (TPSA) is 97.5 Å². The van der Waals surface area contributed by atoms with Gasteiger partial charge >= 0.3 is 6.09 Å². The predicted molar refractivity (Wildman–Crippen MR) is 124 cm³/mol. The zero-order chi connectivity index (χ0) is 22.7. The molecule has 0 unspecified atom stereocenters. The van der Waals surface area contributed by atoms with Crippen LogP contribution in [0.5, 0.6) is 0 Å². The number of pyridine rings is 1. The number of anilines is 2. The molecule has 1 saturated heterocycles. The van der Waals surface area contributed by atoms with Gasteiger partial charge in [0.25, 0.3) is 0 Å². The normalized spacial score (nSPS) is 14.1. The number of nitrogens with two attached hydrogens (primary N) is 1. The van der Waals surface area contributed by atoms with Crippen molar-refractivity contribution in [3.63, 3.8) is 0 Å². The highest BCUT2D eigenvalue weighted by atomic mass is 16.6. The number of aromatic nitrogens is 3. The smallest absolute Gasteiger partial charge is 0.410 e. The van der Waals surface area contributed by atoms with Gasteiger partial charge in [-0.25, -0.2) is 19.7 Å². The lowest BCUT2D eigenvalue weighted by molar-refractivity contribution is 0.0240. The maximum atomic E-state index is 12.3. The molecule has 0 atom stereocenters. The van der Waals surface area contributed by atoms with Crippen LogP contribution in [0.15, 0.2) is 42.7 Å². The number of nitrogens with zero attached hydrogens (tertiary/aromatic N) is 5. The first-order valence-corrected chi connectivity index (χ1v) is 10.5. The van der Waals surface area contributed by atoms with Crippen LogP contribution < -0.4 is 10.6 Å². The fourth-order valence-corrected chi connectivity index (χ4v) is 3.36. The maximum absolute atomic E-state index is 12.3. The van der Waals surface area contributed by atoms with Gasteiger partial charge in [0.2, 0.25) is 0 Å². The molecular formula is C24H26N6O2. The highest BCUT2D eigenvalue weighted by Crippen LogP contribution is 2.23. The molecule has 0 bridgehead atoms. The molecule has 1 amide bonds. The Morgan fingerprint density at radius 3 is 2.41 bits per heavy atom. The lowest BCUT2D eigenvalue weighted by atomic mass is 10.2. The number of carbonyl (C=O) groups excluding carboxylic acids is 1. The molecule has 164 valence electrons. The van der Waals surface area contributed by atoms with Crippen LogP contribution in [0.1, 0.15) is 32.0 Å². The minimum Gasteiger partial charge on any atom is -0.444 e. The molecule has 1 aliphatic rings. The number of nitrogen functional groups attached to an aromatic ring is 1. The number of hydrogen-bond acceptors (Lipinski definition) is 7. The van der Waals surface area contributed by atoms with E-state index in [2.05, 4.69) is 26.7 Å². The van der Waals surface area contributed by atoms with E-state index in [1.54, 1.807) is 11.2 Å². The number of fused-ring (bicyclic) bond motifs is 1. The largest absolute Gasteiger partial charge is 0.444 e. The van der Waals surface area contributed by atoms with E-state index in [-0.39, 0.29) is 6.09 Å². The Kier molecular flexibility index (Phi) is 5.82. The average molecular weight is 431 g/mol. The van der Waals surface area contributed by atoms with Crippen molar-refractivity contribution in [1.82, 2.24) is 19.9 Å². The zero-order valence-electron chi connectivity index (χ0n) is 18.5. The van der Waals surface area contributed by atoms with Gasteiger partial charge in [-0.2, -0.15) is 0 Å². The highest BCUT2D eigenvalue weighted by molar-refractivity contribution is 5.86. The summed E-state index contributed by atoms with van der Waals surface area (Å²) in [6.45, 7) is 7.98. The molecular weight excluding hydrogens is 404 g/mol. The maximum Gasteiger partial charge on any atom is 0.410 e. The Balaban J connectivity index is 1.53. The van der Waals surface area contributed by atoms with Crippen molar-refractivity contribution in [2.24, 2.45) is 0 Å². The van der Waals surface area contributed by atoms with Crippen molar-refractivity contribution in [2.75, 3.05) is 36.8 Å². The predicted octanol–water partition coefficient (Wildman–Crippen LogP) is 3.06. The molecule has 0 radical (unpaired) electrons. The molecule has 0 spiro atoms. The summed E-state index contributed by atoms with van der Waals surface area (Å²) >= 11 is 0. The van der Waals surface area contributed by atoms with Crippen LogP contribution in [0.2, 0.25) is 0 Å². The van der Waals surface area contributed by atoms with Gasteiger partial charge in [-0.1, -0.05) is 5.92 Å². The van der Waals surface area contributed by atoms with Crippen LogP contribution >= 0.6 is 0 Å². The molecule has 1 fully saturated rings. The number of piperazine rings is 1. The van der Waals surface area contributed by atoms with Crippen molar-refractivity contribution in [3.8, 4) is 11.8 Å². The lowest BCUT2D eigenvalue weighted by Crippen LogP contribution is -2.50. The third-order valence-electron chi connectivity index (χ3n) is 4.94. The number of amides is 1. The Labute approximate surface area is 187 Å². The van der Waals surface area contributed by atoms with Crippen molar-refractivity contribution >= 4 is 28.6 Å². The standard InChI is InChI=1S/C24H26N6O2/c1-24(2,3)32-23(31)30-14-12-29(13-15-30)22-21-20(26-16-27-22)11-10-19(28-21)9-6-17-4-7-18(25)8-5-17/h4-5,7-8,10-11,16H,12-15,25H2,1-3H3. The van der Waals surface area contributed by atoms with Crippen molar-refractivity contribution in [1.29, 1.82) is 0 Å². The van der Waals surface area contributed by atoms with E-state index in [9.17, 15) is 4.79 Å². The molecule has 8 heteroatoms. The minimum atomic E-state index is -0.509. The zero-order valence-corrected chi connectivity index (χ0v) is 18.5. The van der Waals surface area contributed by atoms with Gasteiger partial charge in [0.05, 0.1) is 5.52 Å². The number of ether oxygens (including phenoxy) is 1. The van der Waals surface area contributed by atoms with Crippen molar-refractivity contribution in [3.05, 3.63) is 54.0 Å². The summed E-state index contributed by atoms with van der Waals surface area (Å²) in [4.78, 5) is 29.7. The molecule has 3 aromatic rings. The van der Waals surface area contributed by atoms with E-state index < -0.39 is 5.60 Å². The first-order chi connectivity index (χ1) is 15.3. The number of rotatable bonds is 1. The molecule has 2 aromatic heterocycles. The molecule has 0 saturated carbocycles. The summed E-state index contributed by atoms with van der Waals surface area (Å²) in [5, 5.41) is 0. The van der Waals surface area contributed by atoms with Gasteiger partial charge < -0.3 is 20.3 Å². The highest BCUT2D eigenvalue weighted by Gasteiger charge is 2.27. The first kappa shape index (κ1) is 21.4. The molecule has 1 aliphatic heterocycles. The van der Waals surface area contributed by atoms with Crippen molar-refractivity contribution < 1.29 is 9.53 Å². The lowest BCUT2D eigenvalue weighted by Gasteiger charge is -2.36. The Morgan fingerprint density at radius 2 is 1.72 bits per heavy atom. The molecule has 3 heterocycles. The van der Waals surface area contributed by atoms with Gasteiger partial charge in [0.15, 0.2) is 5.82 Å². The molecule has 0 aliphatic carbocycles. The molecule has 8 nitrogen and oxygen atoms in total. The molecule has 32 heavy (non-hydrogen) atoms. The second-order valence-electron chi connectivity index (χ2n) is 8.59. The van der Waals surface area contributed by atoms with Crippen LogP contribution in [0, 0.1) is 11.8 Å². The fraction of sp³-hybridized carbons (Fsp3) is 0.333. The summed E-state index contributed by atoms with van der Waals surface area (Å²) in [6, 6.07) is 11.1. The molecule has 1 aromatic carbocycles. The monoisotopic (exact) mass is 430 g/mol. The summed E-state index contributed by atoms with van der Waals surface area (Å²) in [5.41, 5.74) is 8.87. The van der Waals surface area contributed by atoms with E-state index >= 15 is 0 Å². The van der Waals surface area contributed by atoms with Crippen LogP contribution in [-0.2, 0) is 4.74 Å². The van der Waals surface area contributed by atoms with Gasteiger partial charge in [-0.05, 0) is 63.1 Å². The van der Waals surface area contributed by atoms with Crippen LogP contribution in [-0.4, -0.2) is 57.7 Å². The number of carbonyl (C=O) groups is 1. The third-order valence-corrected chi connectivity index (χ3v) is 4.94. The van der Waals surface area contributed by atoms with Crippen LogP contribution in [0.4, 0.5) is 16.3 Å². The number of benzene rings is 1. The van der Waals surface area contributed by atoms with Gasteiger partial charge in [-0.15, -0.1) is 0 Å². The summed E-state index contributed by atoms with van der Waals surface area (Å²) in [7, 11) is 0. The fourth-order valence-electron chi connectivity index (χ4n) is 3.36. The molecule has 4 rings (SSSR count). The van der Waals surface area contributed by atoms with Gasteiger partial charge in [0, 0.05) is 37.4 Å². The third kappa shape index (κ3) is 5.06. The Bertz CT molecular complexity index is 1180. The second kappa shape index (κ2) is 8.71. The Hall–Kier alpha value is -3.86. The average Bonchev–Trinajstić information content (AvgIpc) is 2.77. The Morgan fingerprint density at radius 1 is 1.00 bits per heavy atom. The SMILES string of the molecule is CC(C)(C)OC(=O)N1CCN(c2ncnc3ccc(C#Cc4ccc(N)cc4)nc23)CC1. The van der Waals surface area contributed by atoms with Gasteiger partial charge in [0.1, 0.15) is 23.1 Å². The second-order valence-corrected chi connectivity index (χ2v) is 8.59. The summed E-state index contributed by atoms with van der Waals surface area (Å²) in [5.74, 6) is 6.95. The first-order valence-electron chi connectivity index (χ1n) is 10.5. The summed E-state index contributed by atoms with van der Waals surface area (Å²) < 4.78 is 5.48. The minimum absolute atomic E-state index is 0.289. The number of hydrogen-bond donors (Lipinski definition) is 1. The van der Waals surface area contributed by atoms with Crippen LogP contribution in [0.3, 0.4) is 0 Å². The molecule has 2 N–H and O–H groups in total. The van der Waals surface area contributed by atoms with E-state index in [1.165, 1.54) is 0 Å². The van der Waals surface area contributed by atoms with E-state index in [0.717, 1.165) is 16.9 Å². The van der Waals surface area contributed by atoms with E-state index in [4.69, 9.17) is 15.5 Å².